The SMILES string of the molecule is CCOC(=O)c1coc(N2CCC(C)C2CO)n1. The van der Waals surface area contributed by atoms with E-state index in [1.807, 2.05) is 4.90 Å². The van der Waals surface area contributed by atoms with E-state index in [9.17, 15) is 9.90 Å². The third-order valence-corrected chi connectivity index (χ3v) is 3.29. The van der Waals surface area contributed by atoms with Crippen molar-refractivity contribution in [2.24, 2.45) is 5.92 Å². The molecular formula is C12H18N2O4. The van der Waals surface area contributed by atoms with E-state index in [-0.39, 0.29) is 18.3 Å². The topological polar surface area (TPSA) is 75.8 Å². The van der Waals surface area contributed by atoms with E-state index < -0.39 is 5.97 Å². The number of nitrogens with zero attached hydrogens (tertiary/aromatic N) is 2. The number of aliphatic hydroxyl groups is 1. The van der Waals surface area contributed by atoms with Crippen LogP contribution >= 0.6 is 0 Å². The molecule has 1 aliphatic heterocycles. The van der Waals surface area contributed by atoms with Crippen LogP contribution in [0, 0.1) is 5.92 Å². The van der Waals surface area contributed by atoms with Crippen LogP contribution in [0.2, 0.25) is 0 Å². The Balaban J connectivity index is 2.12. The van der Waals surface area contributed by atoms with Crippen LogP contribution < -0.4 is 4.90 Å². The quantitative estimate of drug-likeness (QED) is 0.810. The van der Waals surface area contributed by atoms with Crippen LogP contribution in [0.5, 0.6) is 0 Å². The lowest BCUT2D eigenvalue weighted by Crippen LogP contribution is -2.35. The molecule has 0 bridgehead atoms. The van der Waals surface area contributed by atoms with Gasteiger partial charge in [-0.1, -0.05) is 6.92 Å². The summed E-state index contributed by atoms with van der Waals surface area (Å²) >= 11 is 0. The average Bonchev–Trinajstić information content (AvgIpc) is 2.95. The molecule has 2 unspecified atom stereocenters. The maximum atomic E-state index is 11.5. The molecule has 18 heavy (non-hydrogen) atoms. The summed E-state index contributed by atoms with van der Waals surface area (Å²) in [5.41, 5.74) is 0.170. The predicted octanol–water partition coefficient (Wildman–Crippen LogP) is 1.06. The summed E-state index contributed by atoms with van der Waals surface area (Å²) in [5, 5.41) is 9.37. The van der Waals surface area contributed by atoms with Crippen molar-refractivity contribution in [2.45, 2.75) is 26.3 Å². The third-order valence-electron chi connectivity index (χ3n) is 3.29. The molecule has 2 heterocycles. The summed E-state index contributed by atoms with van der Waals surface area (Å²) in [4.78, 5) is 17.5. The van der Waals surface area contributed by atoms with Crippen LogP contribution in [0.3, 0.4) is 0 Å². The van der Waals surface area contributed by atoms with Gasteiger partial charge >= 0.3 is 5.97 Å². The Kier molecular flexibility index (Phi) is 3.86. The molecule has 1 aromatic heterocycles. The van der Waals surface area contributed by atoms with E-state index in [4.69, 9.17) is 9.15 Å². The van der Waals surface area contributed by atoms with Gasteiger partial charge in [0.05, 0.1) is 19.3 Å². The molecule has 2 rings (SSSR count). The van der Waals surface area contributed by atoms with Crippen LogP contribution in [0.1, 0.15) is 30.8 Å². The molecule has 0 radical (unpaired) electrons. The lowest BCUT2D eigenvalue weighted by molar-refractivity contribution is 0.0519. The van der Waals surface area contributed by atoms with Crippen LogP contribution in [-0.2, 0) is 4.74 Å². The Morgan fingerprint density at radius 3 is 3.17 bits per heavy atom. The molecule has 6 nitrogen and oxygen atoms in total. The van der Waals surface area contributed by atoms with Crippen molar-refractivity contribution in [1.82, 2.24) is 4.98 Å². The number of hydrogen-bond donors (Lipinski definition) is 1. The highest BCUT2D eigenvalue weighted by Crippen LogP contribution is 2.28. The molecule has 0 spiro atoms. The lowest BCUT2D eigenvalue weighted by atomic mass is 10.0. The molecule has 0 aromatic carbocycles. The molecule has 0 saturated carbocycles. The Morgan fingerprint density at radius 2 is 2.50 bits per heavy atom. The zero-order chi connectivity index (χ0) is 13.1. The first-order valence-electron chi connectivity index (χ1n) is 6.17. The summed E-state index contributed by atoms with van der Waals surface area (Å²) in [6, 6.07) is 0.375. The number of rotatable bonds is 4. The van der Waals surface area contributed by atoms with E-state index in [1.165, 1.54) is 6.26 Å². The van der Waals surface area contributed by atoms with Crippen molar-refractivity contribution in [3.8, 4) is 0 Å². The van der Waals surface area contributed by atoms with Gasteiger partial charge in [0.15, 0.2) is 5.69 Å². The Bertz CT molecular complexity index is 418. The number of hydrogen-bond acceptors (Lipinski definition) is 6. The zero-order valence-electron chi connectivity index (χ0n) is 10.6. The minimum atomic E-state index is -0.486. The highest BCUT2D eigenvalue weighted by atomic mass is 16.5. The molecule has 2 atom stereocenters. The standard InChI is InChI=1S/C12H18N2O4/c1-3-17-11(16)9-7-18-12(13-9)14-5-4-8(2)10(14)6-15/h7-8,10,15H,3-6H2,1-2H3. The molecule has 0 aliphatic carbocycles. The van der Waals surface area contributed by atoms with Gasteiger partial charge in [-0.2, -0.15) is 4.98 Å². The van der Waals surface area contributed by atoms with Gasteiger partial charge in [0.1, 0.15) is 6.26 Å². The van der Waals surface area contributed by atoms with Gasteiger partial charge < -0.3 is 19.2 Å². The van der Waals surface area contributed by atoms with E-state index in [0.29, 0.717) is 18.5 Å². The molecule has 100 valence electrons. The molecule has 1 aliphatic rings. The van der Waals surface area contributed by atoms with Gasteiger partial charge in [0, 0.05) is 6.54 Å². The van der Waals surface area contributed by atoms with Gasteiger partial charge in [-0.25, -0.2) is 4.79 Å². The summed E-state index contributed by atoms with van der Waals surface area (Å²) < 4.78 is 10.1. The van der Waals surface area contributed by atoms with Crippen LogP contribution in [0.25, 0.3) is 0 Å². The molecule has 1 saturated heterocycles. The van der Waals surface area contributed by atoms with E-state index in [1.54, 1.807) is 6.92 Å². The van der Waals surface area contributed by atoms with Crippen molar-refractivity contribution in [3.05, 3.63) is 12.0 Å². The van der Waals surface area contributed by atoms with E-state index in [0.717, 1.165) is 13.0 Å². The fourth-order valence-electron chi connectivity index (χ4n) is 2.22. The molecule has 1 aromatic rings. The van der Waals surface area contributed by atoms with Crippen molar-refractivity contribution in [2.75, 3.05) is 24.7 Å². The second kappa shape index (κ2) is 5.39. The van der Waals surface area contributed by atoms with Gasteiger partial charge in [0.2, 0.25) is 0 Å². The van der Waals surface area contributed by atoms with Crippen molar-refractivity contribution in [1.29, 1.82) is 0 Å². The summed E-state index contributed by atoms with van der Waals surface area (Å²) in [5.74, 6) is -0.103. The second-order valence-electron chi connectivity index (χ2n) is 4.45. The smallest absolute Gasteiger partial charge is 0.360 e. The molecular weight excluding hydrogens is 236 g/mol. The molecule has 0 amide bonds. The summed E-state index contributed by atoms with van der Waals surface area (Å²) in [6.07, 6.45) is 2.27. The van der Waals surface area contributed by atoms with Crippen LogP contribution in [0.4, 0.5) is 6.01 Å². The van der Waals surface area contributed by atoms with E-state index >= 15 is 0 Å². The number of aromatic nitrogens is 1. The zero-order valence-corrected chi connectivity index (χ0v) is 10.6. The Hall–Kier alpha value is -1.56. The monoisotopic (exact) mass is 254 g/mol. The normalized spacial score (nSPS) is 23.4. The van der Waals surface area contributed by atoms with Gasteiger partial charge in [-0.05, 0) is 19.3 Å². The fraction of sp³-hybridized carbons (Fsp3) is 0.667. The minimum Gasteiger partial charge on any atom is -0.461 e. The van der Waals surface area contributed by atoms with Gasteiger partial charge in [-0.3, -0.25) is 0 Å². The summed E-state index contributed by atoms with van der Waals surface area (Å²) in [6.45, 7) is 4.95. The van der Waals surface area contributed by atoms with Crippen molar-refractivity contribution >= 4 is 12.0 Å². The number of ether oxygens (including phenoxy) is 1. The first kappa shape index (κ1) is 12.9. The Morgan fingerprint density at radius 1 is 1.72 bits per heavy atom. The summed E-state index contributed by atoms with van der Waals surface area (Å²) in [7, 11) is 0. The first-order valence-corrected chi connectivity index (χ1v) is 6.17. The van der Waals surface area contributed by atoms with Gasteiger partial charge in [0.25, 0.3) is 6.01 Å². The first-order chi connectivity index (χ1) is 8.67. The average molecular weight is 254 g/mol. The van der Waals surface area contributed by atoms with E-state index in [2.05, 4.69) is 11.9 Å². The fourth-order valence-corrected chi connectivity index (χ4v) is 2.22. The highest BCUT2D eigenvalue weighted by Gasteiger charge is 2.33. The molecule has 6 heteroatoms. The minimum absolute atomic E-state index is 0.00121. The number of carbonyl (C=O) groups is 1. The number of esters is 1. The Labute approximate surface area is 106 Å². The number of oxazole rings is 1. The lowest BCUT2D eigenvalue weighted by Gasteiger charge is -2.22. The highest BCUT2D eigenvalue weighted by molar-refractivity contribution is 5.87. The second-order valence-corrected chi connectivity index (χ2v) is 4.45. The number of carbonyl (C=O) groups excluding carboxylic acids is 1. The largest absolute Gasteiger partial charge is 0.461 e. The molecule has 1 N–H and O–H groups in total. The van der Waals surface area contributed by atoms with Crippen molar-refractivity contribution in [3.63, 3.8) is 0 Å². The maximum Gasteiger partial charge on any atom is 0.360 e. The number of aliphatic hydroxyl groups excluding tert-OH is 1. The predicted molar refractivity (Wildman–Crippen MR) is 64.5 cm³/mol. The van der Waals surface area contributed by atoms with Crippen LogP contribution in [0.15, 0.2) is 10.7 Å². The van der Waals surface area contributed by atoms with Crippen molar-refractivity contribution < 1.29 is 19.1 Å². The molecule has 1 fully saturated rings. The maximum absolute atomic E-state index is 11.5. The third kappa shape index (κ3) is 2.33. The van der Waals surface area contributed by atoms with Crippen LogP contribution in [-0.4, -0.2) is 41.9 Å². The van der Waals surface area contributed by atoms with Gasteiger partial charge in [-0.15, -0.1) is 0 Å². The number of anilines is 1.